The quantitative estimate of drug-likeness (QED) is 0.560. The number of aryl methyl sites for hydroxylation is 1. The van der Waals surface area contributed by atoms with Crippen molar-refractivity contribution in [1.29, 1.82) is 0 Å². The Morgan fingerprint density at radius 1 is 1.09 bits per heavy atom. The van der Waals surface area contributed by atoms with Crippen molar-refractivity contribution < 1.29 is 14.3 Å². The second-order valence-electron chi connectivity index (χ2n) is 5.64. The van der Waals surface area contributed by atoms with Gasteiger partial charge in [0.05, 0.1) is 6.61 Å². The fourth-order valence-corrected chi connectivity index (χ4v) is 2.05. The zero-order valence-electron chi connectivity index (χ0n) is 13.9. The van der Waals surface area contributed by atoms with E-state index in [0.29, 0.717) is 12.2 Å². The van der Waals surface area contributed by atoms with Crippen molar-refractivity contribution >= 4 is 11.9 Å². The van der Waals surface area contributed by atoms with Gasteiger partial charge in [-0.1, -0.05) is 50.3 Å². The number of carbonyl (C=O) groups excluding carboxylic acids is 2. The largest absolute Gasteiger partial charge is 0.464 e. The van der Waals surface area contributed by atoms with E-state index < -0.39 is 6.04 Å². The third-order valence-corrected chi connectivity index (χ3v) is 3.51. The summed E-state index contributed by atoms with van der Waals surface area (Å²) in [4.78, 5) is 23.8. The summed E-state index contributed by atoms with van der Waals surface area (Å²) in [6.45, 7) is 6.19. The molecule has 1 atom stereocenters. The van der Waals surface area contributed by atoms with Crippen LogP contribution in [-0.4, -0.2) is 24.5 Å². The minimum atomic E-state index is -0.635. The molecule has 0 radical (unpaired) electrons. The highest BCUT2D eigenvalue weighted by Crippen LogP contribution is 2.05. The van der Waals surface area contributed by atoms with E-state index in [2.05, 4.69) is 12.2 Å². The molecule has 1 N–H and O–H groups in total. The molecule has 22 heavy (non-hydrogen) atoms. The average Bonchev–Trinajstić information content (AvgIpc) is 2.51. The third-order valence-electron chi connectivity index (χ3n) is 3.51. The van der Waals surface area contributed by atoms with E-state index in [1.54, 1.807) is 19.1 Å². The van der Waals surface area contributed by atoms with Crippen molar-refractivity contribution in [1.82, 2.24) is 5.32 Å². The van der Waals surface area contributed by atoms with Crippen molar-refractivity contribution in [2.24, 2.45) is 0 Å². The van der Waals surface area contributed by atoms with Gasteiger partial charge in [0.15, 0.2) is 0 Å². The van der Waals surface area contributed by atoms with Gasteiger partial charge >= 0.3 is 5.97 Å². The maximum absolute atomic E-state index is 12.0. The minimum absolute atomic E-state index is 0.257. The predicted molar refractivity (Wildman–Crippen MR) is 87.8 cm³/mol. The van der Waals surface area contributed by atoms with Crippen LogP contribution in [0.4, 0.5) is 0 Å². The second-order valence-corrected chi connectivity index (χ2v) is 5.64. The molecule has 0 aliphatic carbocycles. The smallest absolute Gasteiger partial charge is 0.328 e. The second kappa shape index (κ2) is 9.98. The molecule has 0 spiro atoms. The molecule has 1 rings (SSSR count). The Hall–Kier alpha value is -1.84. The Balaban J connectivity index is 2.28. The molecule has 0 saturated heterocycles. The van der Waals surface area contributed by atoms with Gasteiger partial charge in [0.1, 0.15) is 6.04 Å². The van der Waals surface area contributed by atoms with Crippen LogP contribution in [0, 0.1) is 6.92 Å². The van der Waals surface area contributed by atoms with E-state index in [4.69, 9.17) is 4.74 Å². The summed E-state index contributed by atoms with van der Waals surface area (Å²) in [7, 11) is 0. The summed E-state index contributed by atoms with van der Waals surface area (Å²) in [5.41, 5.74) is 1.64. The highest BCUT2D eigenvalue weighted by molar-refractivity contribution is 5.96. The van der Waals surface area contributed by atoms with Gasteiger partial charge in [0.2, 0.25) is 0 Å². The molecular formula is C18H27NO3. The molecule has 0 aliphatic heterocycles. The van der Waals surface area contributed by atoms with Crippen LogP contribution in [0.1, 0.15) is 61.9 Å². The number of hydrogen-bond donors (Lipinski definition) is 1. The summed E-state index contributed by atoms with van der Waals surface area (Å²) in [5, 5.41) is 2.66. The van der Waals surface area contributed by atoms with Crippen LogP contribution < -0.4 is 5.32 Å². The standard InChI is InChI=1S/C18H27NO3/c1-4-5-6-7-8-13-22-18(21)15(3)19-17(20)16-11-9-14(2)10-12-16/h9-12,15H,4-8,13H2,1-3H3,(H,19,20). The van der Waals surface area contributed by atoms with E-state index in [1.807, 2.05) is 19.1 Å². The Morgan fingerprint density at radius 2 is 1.73 bits per heavy atom. The van der Waals surface area contributed by atoms with Crippen LogP contribution in [-0.2, 0) is 9.53 Å². The van der Waals surface area contributed by atoms with Crippen molar-refractivity contribution in [3.8, 4) is 0 Å². The molecule has 1 unspecified atom stereocenters. The number of rotatable bonds is 9. The van der Waals surface area contributed by atoms with Gasteiger partial charge in [0, 0.05) is 5.56 Å². The fraction of sp³-hybridized carbons (Fsp3) is 0.556. The molecule has 1 amide bonds. The molecule has 0 fully saturated rings. The van der Waals surface area contributed by atoms with Gasteiger partial charge < -0.3 is 10.1 Å². The molecule has 0 saturated carbocycles. The van der Waals surface area contributed by atoms with Gasteiger partial charge in [-0.05, 0) is 32.4 Å². The molecule has 1 aromatic carbocycles. The number of esters is 1. The van der Waals surface area contributed by atoms with Gasteiger partial charge in [0.25, 0.3) is 5.91 Å². The number of ether oxygens (including phenoxy) is 1. The fourth-order valence-electron chi connectivity index (χ4n) is 2.05. The maximum atomic E-state index is 12.0. The Bertz CT molecular complexity index is 468. The first-order valence-electron chi connectivity index (χ1n) is 8.08. The van der Waals surface area contributed by atoms with Crippen LogP contribution in [0.3, 0.4) is 0 Å². The van der Waals surface area contributed by atoms with Crippen molar-refractivity contribution in [2.45, 2.75) is 58.9 Å². The van der Waals surface area contributed by atoms with Gasteiger partial charge in [-0.2, -0.15) is 0 Å². The number of amides is 1. The number of benzene rings is 1. The number of nitrogens with one attached hydrogen (secondary N) is 1. The topological polar surface area (TPSA) is 55.4 Å². The van der Waals surface area contributed by atoms with Crippen molar-refractivity contribution in [3.05, 3.63) is 35.4 Å². The lowest BCUT2D eigenvalue weighted by molar-refractivity contribution is -0.145. The maximum Gasteiger partial charge on any atom is 0.328 e. The zero-order valence-corrected chi connectivity index (χ0v) is 13.9. The first kappa shape index (κ1) is 18.2. The van der Waals surface area contributed by atoms with E-state index in [9.17, 15) is 9.59 Å². The summed E-state index contributed by atoms with van der Waals surface area (Å²) in [6, 6.07) is 6.60. The number of unbranched alkanes of at least 4 members (excludes halogenated alkanes) is 4. The van der Waals surface area contributed by atoms with Crippen molar-refractivity contribution in [2.75, 3.05) is 6.61 Å². The third kappa shape index (κ3) is 6.74. The van der Waals surface area contributed by atoms with Gasteiger partial charge in [-0.3, -0.25) is 4.79 Å². The summed E-state index contributed by atoms with van der Waals surface area (Å²) in [6.07, 6.45) is 5.54. The highest BCUT2D eigenvalue weighted by Gasteiger charge is 2.17. The highest BCUT2D eigenvalue weighted by atomic mass is 16.5. The monoisotopic (exact) mass is 305 g/mol. The van der Waals surface area contributed by atoms with Crippen LogP contribution in [0.25, 0.3) is 0 Å². The van der Waals surface area contributed by atoms with Crippen LogP contribution in [0.5, 0.6) is 0 Å². The molecule has 0 bridgehead atoms. The zero-order chi connectivity index (χ0) is 16.4. The molecule has 0 heterocycles. The number of carbonyl (C=O) groups is 2. The molecule has 4 heteroatoms. The van der Waals surface area contributed by atoms with E-state index >= 15 is 0 Å². The molecule has 1 aromatic rings. The molecule has 0 aliphatic rings. The molecule has 122 valence electrons. The first-order chi connectivity index (χ1) is 10.5. The molecule has 4 nitrogen and oxygen atoms in total. The summed E-state index contributed by atoms with van der Waals surface area (Å²) in [5.74, 6) is -0.636. The Kier molecular flexibility index (Phi) is 8.26. The molecular weight excluding hydrogens is 278 g/mol. The van der Waals surface area contributed by atoms with Gasteiger partial charge in [-0.25, -0.2) is 4.79 Å². The average molecular weight is 305 g/mol. The lowest BCUT2D eigenvalue weighted by Crippen LogP contribution is -2.39. The predicted octanol–water partition coefficient (Wildman–Crippen LogP) is 3.63. The Morgan fingerprint density at radius 3 is 2.36 bits per heavy atom. The molecule has 0 aromatic heterocycles. The van der Waals surface area contributed by atoms with Crippen LogP contribution >= 0.6 is 0 Å². The minimum Gasteiger partial charge on any atom is -0.464 e. The van der Waals surface area contributed by atoms with E-state index in [-0.39, 0.29) is 11.9 Å². The summed E-state index contributed by atoms with van der Waals surface area (Å²) >= 11 is 0. The Labute approximate surface area is 133 Å². The van der Waals surface area contributed by atoms with Crippen LogP contribution in [0.2, 0.25) is 0 Å². The first-order valence-corrected chi connectivity index (χ1v) is 8.08. The lowest BCUT2D eigenvalue weighted by Gasteiger charge is -2.13. The lowest BCUT2D eigenvalue weighted by atomic mass is 10.1. The van der Waals surface area contributed by atoms with Crippen molar-refractivity contribution in [3.63, 3.8) is 0 Å². The van der Waals surface area contributed by atoms with Crippen LogP contribution in [0.15, 0.2) is 24.3 Å². The SMILES string of the molecule is CCCCCCCOC(=O)C(C)NC(=O)c1ccc(C)cc1. The summed E-state index contributed by atoms with van der Waals surface area (Å²) < 4.78 is 5.19. The number of hydrogen-bond acceptors (Lipinski definition) is 3. The van der Waals surface area contributed by atoms with E-state index in [0.717, 1.165) is 18.4 Å². The van der Waals surface area contributed by atoms with E-state index in [1.165, 1.54) is 19.3 Å². The van der Waals surface area contributed by atoms with Gasteiger partial charge in [-0.15, -0.1) is 0 Å². The normalized spacial score (nSPS) is 11.8.